The van der Waals surface area contributed by atoms with Gasteiger partial charge in [-0.25, -0.2) is 9.97 Å². The average Bonchev–Trinajstić information content (AvgIpc) is 4.24. The molecule has 3 aromatic heterocycles. The average molecular weight is 1030 g/mol. The van der Waals surface area contributed by atoms with E-state index in [-0.39, 0.29) is 0 Å². The Morgan fingerprint density at radius 2 is 0.588 bits per heavy atom. The predicted molar refractivity (Wildman–Crippen MR) is 335 cm³/mol. The number of aromatic nitrogens is 4. The van der Waals surface area contributed by atoms with E-state index < -0.39 is 0 Å². The molecule has 6 heteroatoms. The van der Waals surface area contributed by atoms with Crippen LogP contribution in [0.25, 0.3) is 88.9 Å². The zero-order chi connectivity index (χ0) is 53.8. The van der Waals surface area contributed by atoms with Gasteiger partial charge >= 0.3 is 0 Å². The van der Waals surface area contributed by atoms with Crippen molar-refractivity contribution < 1.29 is 0 Å². The maximum absolute atomic E-state index is 5.40. The monoisotopic (exact) mass is 1030 g/mol. The summed E-state index contributed by atoms with van der Waals surface area (Å²) in [6, 6.07) is 95.6. The summed E-state index contributed by atoms with van der Waals surface area (Å²) in [5.74, 6) is 0.695. The minimum atomic E-state index is 0.695. The molecule has 0 N–H and O–H groups in total. The molecule has 0 aliphatic carbocycles. The van der Waals surface area contributed by atoms with E-state index in [0.29, 0.717) is 5.82 Å². The lowest BCUT2D eigenvalue weighted by molar-refractivity contribution is 1.13. The Balaban J connectivity index is 0.872. The largest absolute Gasteiger partial charge is 0.310 e. The first kappa shape index (κ1) is 48.1. The third-order valence-corrected chi connectivity index (χ3v) is 15.7. The fourth-order valence-electron chi connectivity index (χ4n) is 12.3. The Hall–Kier alpha value is -10.3. The third kappa shape index (κ3) is 8.37. The van der Waals surface area contributed by atoms with Gasteiger partial charge in [-0.2, -0.15) is 0 Å². The van der Waals surface area contributed by atoms with E-state index in [0.717, 1.165) is 118 Å². The van der Waals surface area contributed by atoms with E-state index in [1.165, 1.54) is 21.5 Å². The van der Waals surface area contributed by atoms with Crippen LogP contribution < -0.4 is 9.80 Å². The van der Waals surface area contributed by atoms with Gasteiger partial charge in [-0.1, -0.05) is 140 Å². The van der Waals surface area contributed by atoms with Crippen molar-refractivity contribution in [3.63, 3.8) is 0 Å². The Morgan fingerprint density at radius 1 is 0.275 bits per heavy atom. The summed E-state index contributed by atoms with van der Waals surface area (Å²) in [6.07, 6.45) is 0. The molecule has 0 amide bonds. The van der Waals surface area contributed by atoms with Crippen molar-refractivity contribution >= 4 is 77.7 Å². The van der Waals surface area contributed by atoms with Crippen LogP contribution in [0.3, 0.4) is 0 Å². The molecule has 0 radical (unpaired) electrons. The second-order valence-corrected chi connectivity index (χ2v) is 20.9. The fourth-order valence-corrected chi connectivity index (χ4v) is 12.3. The van der Waals surface area contributed by atoms with Gasteiger partial charge < -0.3 is 18.9 Å². The molecular formula is C74H56N6. The normalized spacial score (nSPS) is 11.5. The van der Waals surface area contributed by atoms with Crippen LogP contribution in [0.15, 0.2) is 267 Å². The topological polar surface area (TPSA) is 42.1 Å². The third-order valence-electron chi connectivity index (χ3n) is 15.7. The summed E-state index contributed by atoms with van der Waals surface area (Å²) in [7, 11) is 0. The number of para-hydroxylation sites is 6. The number of benzene rings is 11. The molecule has 382 valence electrons. The molecule has 11 aromatic carbocycles. The van der Waals surface area contributed by atoms with Crippen molar-refractivity contribution in [2.45, 2.75) is 27.7 Å². The maximum atomic E-state index is 5.40. The number of hydrogen-bond acceptors (Lipinski definition) is 4. The van der Waals surface area contributed by atoms with Crippen LogP contribution in [0.5, 0.6) is 0 Å². The van der Waals surface area contributed by atoms with Crippen LogP contribution in [0.2, 0.25) is 0 Å². The van der Waals surface area contributed by atoms with Gasteiger partial charge in [0.1, 0.15) is 0 Å². The maximum Gasteiger partial charge on any atom is 0.160 e. The lowest BCUT2D eigenvalue weighted by Gasteiger charge is -2.25. The second kappa shape index (κ2) is 19.9. The van der Waals surface area contributed by atoms with E-state index in [1.54, 1.807) is 0 Å². The smallest absolute Gasteiger partial charge is 0.160 e. The molecule has 0 fully saturated rings. The van der Waals surface area contributed by atoms with Crippen molar-refractivity contribution in [1.82, 2.24) is 19.1 Å². The first-order chi connectivity index (χ1) is 39.3. The van der Waals surface area contributed by atoms with Gasteiger partial charge in [-0.15, -0.1) is 0 Å². The summed E-state index contributed by atoms with van der Waals surface area (Å²) < 4.78 is 4.84. The van der Waals surface area contributed by atoms with E-state index in [4.69, 9.17) is 9.97 Å². The molecule has 0 aliphatic rings. The summed E-state index contributed by atoms with van der Waals surface area (Å²) >= 11 is 0. The zero-order valence-electron chi connectivity index (χ0n) is 45.1. The Labute approximate surface area is 466 Å². The van der Waals surface area contributed by atoms with Crippen LogP contribution >= 0.6 is 0 Å². The molecule has 0 atom stereocenters. The summed E-state index contributed by atoms with van der Waals surface area (Å²) in [5.41, 5.74) is 23.0. The van der Waals surface area contributed by atoms with E-state index >= 15 is 0 Å². The standard InChI is InChI=1S/C74H56N6/c1-49-42-60(79-68-36-22-20-34-62(68)64-46-58(38-40-70(64)79)77(54-26-12-6-13-27-54)55-28-14-7-15-29-55)43-50(2)72(49)66-48-67(76-74(75-66)53-24-10-5-11-25-53)73-51(3)44-61(45-52(73)4)80-69-37-23-21-35-63(69)65-47-59(39-41-71(65)80)78(56-30-16-8-17-31-56)57-32-18-9-19-33-57/h5-48H,1-4H3. The molecule has 14 aromatic rings. The van der Waals surface area contributed by atoms with Gasteiger partial charge in [0, 0.05) is 83.7 Å². The lowest BCUT2D eigenvalue weighted by atomic mass is 9.94. The highest BCUT2D eigenvalue weighted by atomic mass is 15.1. The van der Waals surface area contributed by atoms with E-state index in [1.807, 2.05) is 6.07 Å². The van der Waals surface area contributed by atoms with Crippen LogP contribution in [0, 0.1) is 27.7 Å². The van der Waals surface area contributed by atoms with Gasteiger partial charge in [0.15, 0.2) is 5.82 Å². The molecule has 0 bridgehead atoms. The number of rotatable bonds is 11. The van der Waals surface area contributed by atoms with Gasteiger partial charge in [0.25, 0.3) is 0 Å². The minimum Gasteiger partial charge on any atom is -0.310 e. The van der Waals surface area contributed by atoms with Crippen molar-refractivity contribution in [1.29, 1.82) is 0 Å². The van der Waals surface area contributed by atoms with Crippen LogP contribution in [-0.4, -0.2) is 19.1 Å². The molecule has 0 spiro atoms. The van der Waals surface area contributed by atoms with Crippen molar-refractivity contribution in [2.75, 3.05) is 9.80 Å². The fraction of sp³-hybridized carbons (Fsp3) is 0.0541. The number of nitrogens with zero attached hydrogens (tertiary/aromatic N) is 6. The summed E-state index contributed by atoms with van der Waals surface area (Å²) in [5, 5.41) is 4.80. The highest BCUT2D eigenvalue weighted by Gasteiger charge is 2.23. The minimum absolute atomic E-state index is 0.695. The molecule has 0 unspecified atom stereocenters. The molecule has 0 aliphatic heterocycles. The van der Waals surface area contributed by atoms with Crippen molar-refractivity contribution in [3.05, 3.63) is 289 Å². The molecule has 0 saturated carbocycles. The van der Waals surface area contributed by atoms with E-state index in [9.17, 15) is 0 Å². The van der Waals surface area contributed by atoms with Crippen molar-refractivity contribution in [2.24, 2.45) is 0 Å². The predicted octanol–water partition coefficient (Wildman–Crippen LogP) is 19.8. The molecular weight excluding hydrogens is 973 g/mol. The quantitative estimate of drug-likeness (QED) is 0.129. The van der Waals surface area contributed by atoms with Gasteiger partial charge in [0.2, 0.25) is 0 Å². The number of aryl methyl sites for hydroxylation is 4. The van der Waals surface area contributed by atoms with Crippen LogP contribution in [0.4, 0.5) is 34.1 Å². The Kier molecular flexibility index (Phi) is 12.0. The van der Waals surface area contributed by atoms with Crippen LogP contribution in [0.1, 0.15) is 22.3 Å². The molecule has 3 heterocycles. The first-order valence-electron chi connectivity index (χ1n) is 27.4. The highest BCUT2D eigenvalue weighted by molar-refractivity contribution is 6.12. The molecule has 80 heavy (non-hydrogen) atoms. The molecule has 0 saturated heterocycles. The zero-order valence-corrected chi connectivity index (χ0v) is 45.1. The van der Waals surface area contributed by atoms with Gasteiger partial charge in [-0.05, 0) is 177 Å². The Morgan fingerprint density at radius 3 is 0.950 bits per heavy atom. The molecule has 6 nitrogen and oxygen atoms in total. The first-order valence-corrected chi connectivity index (χ1v) is 27.4. The summed E-state index contributed by atoms with van der Waals surface area (Å²) in [6.45, 7) is 8.89. The SMILES string of the molecule is Cc1cc(-n2c3ccccc3c3cc(N(c4ccccc4)c4ccccc4)ccc32)cc(C)c1-c1cc(-c2c(C)cc(-n3c4ccccc4c4cc(N(c5ccccc5)c5ccccc5)ccc43)cc2C)nc(-c2ccccc2)n1. The number of anilines is 6. The van der Waals surface area contributed by atoms with Crippen molar-refractivity contribution in [3.8, 4) is 45.3 Å². The Bertz CT molecular complexity index is 4220. The summed E-state index contributed by atoms with van der Waals surface area (Å²) in [4.78, 5) is 15.5. The van der Waals surface area contributed by atoms with Crippen LogP contribution in [-0.2, 0) is 0 Å². The van der Waals surface area contributed by atoms with Gasteiger partial charge in [-0.3, -0.25) is 0 Å². The second-order valence-electron chi connectivity index (χ2n) is 20.9. The lowest BCUT2D eigenvalue weighted by Crippen LogP contribution is -2.09. The van der Waals surface area contributed by atoms with Gasteiger partial charge in [0.05, 0.1) is 33.5 Å². The molecule has 14 rings (SSSR count). The van der Waals surface area contributed by atoms with E-state index in [2.05, 4.69) is 307 Å². The number of hydrogen-bond donors (Lipinski definition) is 0. The number of fused-ring (bicyclic) bond motifs is 6. The highest BCUT2D eigenvalue weighted by Crippen LogP contribution is 2.44.